The molecule has 0 aliphatic rings. The predicted octanol–water partition coefficient (Wildman–Crippen LogP) is 4.42. The summed E-state index contributed by atoms with van der Waals surface area (Å²) in [5.74, 6) is 5.16. The predicted molar refractivity (Wildman–Crippen MR) is 130 cm³/mol. The second kappa shape index (κ2) is 9.88. The van der Waals surface area contributed by atoms with Gasteiger partial charge in [-0.3, -0.25) is 19.7 Å². The Hall–Kier alpha value is -4.47. The van der Waals surface area contributed by atoms with E-state index in [0.717, 1.165) is 0 Å². The number of carbonyl (C=O) groups excluding carboxylic acids is 1. The maximum atomic E-state index is 12.5. The number of pyridine rings is 2. The molecule has 37 heavy (non-hydrogen) atoms. The summed E-state index contributed by atoms with van der Waals surface area (Å²) in [4.78, 5) is 21.1. The van der Waals surface area contributed by atoms with Crippen molar-refractivity contribution in [2.45, 2.75) is 5.51 Å². The molecule has 0 aliphatic carbocycles. The molecule has 0 aliphatic heterocycles. The number of alkyl halides is 3. The Morgan fingerprint density at radius 1 is 1.00 bits per heavy atom. The lowest BCUT2D eigenvalue weighted by molar-refractivity contribution is -0.0429. The van der Waals surface area contributed by atoms with Gasteiger partial charge in [0.15, 0.2) is 0 Å². The van der Waals surface area contributed by atoms with Crippen molar-refractivity contribution >= 4 is 32.5 Å². The normalized spacial score (nSPS) is 11.5. The minimum absolute atomic E-state index is 0.239. The standard InChI is InChI=1S/C25H17F3N4O4S/c1-32(34)24(33)20-14-23(30-22-12-13-29-15-21(20)22)18-8-4-16(5-9-18)2-3-17-6-10-19(11-7-17)31-37(35,36)25(26,27)28/h4-15,31,34H,1H3. The minimum atomic E-state index is -5.50. The quantitative estimate of drug-likeness (QED) is 0.231. The van der Waals surface area contributed by atoms with Crippen LogP contribution in [0.2, 0.25) is 0 Å². The van der Waals surface area contributed by atoms with Gasteiger partial charge in [0, 0.05) is 47.2 Å². The molecular weight excluding hydrogens is 509 g/mol. The first kappa shape index (κ1) is 25.6. The number of carbonyl (C=O) groups is 1. The topological polar surface area (TPSA) is 112 Å². The van der Waals surface area contributed by atoms with E-state index in [-0.39, 0.29) is 11.3 Å². The first-order valence-electron chi connectivity index (χ1n) is 10.5. The first-order chi connectivity index (χ1) is 17.4. The summed E-state index contributed by atoms with van der Waals surface area (Å²) < 4.78 is 61.3. The summed E-state index contributed by atoms with van der Waals surface area (Å²) in [6, 6.07) is 15.3. The van der Waals surface area contributed by atoms with E-state index >= 15 is 0 Å². The molecule has 8 nitrogen and oxygen atoms in total. The molecule has 2 N–H and O–H groups in total. The second-order valence-corrected chi connectivity index (χ2v) is 9.41. The van der Waals surface area contributed by atoms with Gasteiger partial charge in [0.2, 0.25) is 0 Å². The van der Waals surface area contributed by atoms with Crippen LogP contribution in [0, 0.1) is 11.8 Å². The molecule has 0 unspecified atom stereocenters. The number of nitrogens with one attached hydrogen (secondary N) is 1. The molecule has 0 atom stereocenters. The summed E-state index contributed by atoms with van der Waals surface area (Å²) in [7, 11) is -4.27. The minimum Gasteiger partial charge on any atom is -0.286 e. The largest absolute Gasteiger partial charge is 0.516 e. The van der Waals surface area contributed by atoms with Crippen LogP contribution in [0.25, 0.3) is 22.2 Å². The fourth-order valence-electron chi connectivity index (χ4n) is 3.27. The molecule has 0 radical (unpaired) electrons. The van der Waals surface area contributed by atoms with E-state index in [0.29, 0.717) is 38.4 Å². The van der Waals surface area contributed by atoms with E-state index in [2.05, 4.69) is 21.8 Å². The molecule has 4 rings (SSSR count). The molecule has 2 aromatic carbocycles. The Morgan fingerprint density at radius 3 is 2.16 bits per heavy atom. The van der Waals surface area contributed by atoms with E-state index in [9.17, 15) is 31.6 Å². The molecule has 1 amide bonds. The molecule has 0 saturated heterocycles. The monoisotopic (exact) mass is 526 g/mol. The SMILES string of the molecule is CN(O)C(=O)c1cc(-c2ccc(C#Cc3ccc(NS(=O)(=O)C(F)(F)F)cc3)cc2)nc2ccncc12. The molecule has 188 valence electrons. The number of amides is 1. The van der Waals surface area contributed by atoms with Crippen LogP contribution in [0.3, 0.4) is 0 Å². The molecular formula is C25H17F3N4O4S. The lowest BCUT2D eigenvalue weighted by atomic mass is 10.0. The van der Waals surface area contributed by atoms with Crippen LogP contribution in [-0.4, -0.2) is 47.1 Å². The van der Waals surface area contributed by atoms with Crippen molar-refractivity contribution in [2.75, 3.05) is 11.8 Å². The molecule has 0 fully saturated rings. The fourth-order valence-corrected chi connectivity index (χ4v) is 3.83. The number of nitrogens with zero attached hydrogens (tertiary/aromatic N) is 3. The van der Waals surface area contributed by atoms with Gasteiger partial charge in [-0.2, -0.15) is 21.6 Å². The average molecular weight is 526 g/mol. The Kier molecular flexibility index (Phi) is 6.84. The third-order valence-corrected chi connectivity index (χ3v) is 6.22. The Morgan fingerprint density at radius 2 is 1.59 bits per heavy atom. The summed E-state index contributed by atoms with van der Waals surface area (Å²) in [5.41, 5.74) is -2.60. The van der Waals surface area contributed by atoms with Gasteiger partial charge in [0.1, 0.15) is 0 Å². The summed E-state index contributed by atoms with van der Waals surface area (Å²) in [5, 5.41) is 10.6. The molecule has 0 spiro atoms. The van der Waals surface area contributed by atoms with E-state index in [1.54, 1.807) is 42.6 Å². The average Bonchev–Trinajstić information content (AvgIpc) is 2.86. The molecule has 0 saturated carbocycles. The highest BCUT2D eigenvalue weighted by Crippen LogP contribution is 2.26. The summed E-state index contributed by atoms with van der Waals surface area (Å²) in [6.45, 7) is 0. The molecule has 2 heterocycles. The van der Waals surface area contributed by atoms with Crippen LogP contribution in [0.15, 0.2) is 73.1 Å². The third-order valence-electron chi connectivity index (χ3n) is 5.11. The zero-order valence-corrected chi connectivity index (χ0v) is 19.8. The van der Waals surface area contributed by atoms with Gasteiger partial charge in [-0.25, -0.2) is 10.0 Å². The zero-order valence-electron chi connectivity index (χ0n) is 19.0. The maximum absolute atomic E-state index is 12.5. The van der Waals surface area contributed by atoms with E-state index < -0.39 is 21.4 Å². The number of hydrogen-bond acceptors (Lipinski definition) is 6. The number of anilines is 1. The van der Waals surface area contributed by atoms with Gasteiger partial charge in [0.25, 0.3) is 5.91 Å². The fraction of sp³-hybridized carbons (Fsp3) is 0.0800. The lowest BCUT2D eigenvalue weighted by Gasteiger charge is -2.12. The maximum Gasteiger partial charge on any atom is 0.516 e. The highest BCUT2D eigenvalue weighted by molar-refractivity contribution is 7.93. The number of hydroxylamine groups is 2. The number of aromatic nitrogens is 2. The lowest BCUT2D eigenvalue weighted by Crippen LogP contribution is -2.29. The Bertz CT molecular complexity index is 1640. The first-order valence-corrected chi connectivity index (χ1v) is 12.0. The van der Waals surface area contributed by atoms with Crippen molar-refractivity contribution < 1.29 is 31.6 Å². The third kappa shape index (κ3) is 5.69. The number of hydrogen-bond donors (Lipinski definition) is 2. The second-order valence-electron chi connectivity index (χ2n) is 7.73. The van der Waals surface area contributed by atoms with Crippen molar-refractivity contribution in [3.05, 3.63) is 89.7 Å². The Balaban J connectivity index is 1.55. The number of halogens is 3. The van der Waals surface area contributed by atoms with Crippen LogP contribution in [-0.2, 0) is 10.0 Å². The van der Waals surface area contributed by atoms with Crippen molar-refractivity contribution in [3.63, 3.8) is 0 Å². The van der Waals surface area contributed by atoms with Crippen LogP contribution in [0.5, 0.6) is 0 Å². The highest BCUT2D eigenvalue weighted by Gasteiger charge is 2.46. The van der Waals surface area contributed by atoms with Gasteiger partial charge in [0.05, 0.1) is 16.8 Å². The molecule has 4 aromatic rings. The van der Waals surface area contributed by atoms with Gasteiger partial charge >= 0.3 is 15.5 Å². The summed E-state index contributed by atoms with van der Waals surface area (Å²) in [6.07, 6.45) is 3.05. The number of benzene rings is 2. The van der Waals surface area contributed by atoms with Gasteiger partial charge < -0.3 is 0 Å². The van der Waals surface area contributed by atoms with Crippen LogP contribution >= 0.6 is 0 Å². The van der Waals surface area contributed by atoms with Gasteiger partial charge in [-0.1, -0.05) is 24.0 Å². The van der Waals surface area contributed by atoms with E-state index in [1.807, 2.05) is 0 Å². The van der Waals surface area contributed by atoms with Gasteiger partial charge in [-0.15, -0.1) is 0 Å². The number of fused-ring (bicyclic) bond motifs is 1. The smallest absolute Gasteiger partial charge is 0.286 e. The van der Waals surface area contributed by atoms with Crippen molar-refractivity contribution in [1.82, 2.24) is 15.0 Å². The van der Waals surface area contributed by atoms with Crippen LogP contribution in [0.4, 0.5) is 18.9 Å². The van der Waals surface area contributed by atoms with Crippen LogP contribution < -0.4 is 4.72 Å². The highest BCUT2D eigenvalue weighted by atomic mass is 32.2. The van der Waals surface area contributed by atoms with Crippen molar-refractivity contribution in [1.29, 1.82) is 0 Å². The number of sulfonamides is 1. The molecule has 12 heteroatoms. The van der Waals surface area contributed by atoms with E-state index in [1.165, 1.54) is 42.2 Å². The van der Waals surface area contributed by atoms with Gasteiger partial charge in [-0.05, 0) is 48.5 Å². The number of rotatable bonds is 4. The van der Waals surface area contributed by atoms with Crippen molar-refractivity contribution in [2.24, 2.45) is 0 Å². The molecule has 0 bridgehead atoms. The van der Waals surface area contributed by atoms with Crippen LogP contribution in [0.1, 0.15) is 21.5 Å². The van der Waals surface area contributed by atoms with E-state index in [4.69, 9.17) is 0 Å². The summed E-state index contributed by atoms with van der Waals surface area (Å²) >= 11 is 0. The Labute approximate surface area is 209 Å². The van der Waals surface area contributed by atoms with Crippen molar-refractivity contribution in [3.8, 4) is 23.1 Å². The zero-order chi connectivity index (χ0) is 26.8. The molecule has 2 aromatic heterocycles.